The highest BCUT2D eigenvalue weighted by Crippen LogP contribution is 2.52. The summed E-state index contributed by atoms with van der Waals surface area (Å²) in [6.45, 7) is 6.61. The van der Waals surface area contributed by atoms with Gasteiger partial charge in [0.2, 0.25) is 0 Å². The molecule has 0 heterocycles. The van der Waals surface area contributed by atoms with Crippen LogP contribution in [-0.4, -0.2) is 5.78 Å². The van der Waals surface area contributed by atoms with Crippen LogP contribution in [0.2, 0.25) is 0 Å². The lowest BCUT2D eigenvalue weighted by Crippen LogP contribution is -2.40. The van der Waals surface area contributed by atoms with Gasteiger partial charge in [0.25, 0.3) is 0 Å². The number of allylic oxidation sites excluding steroid dienone is 4. The quantitative estimate of drug-likeness (QED) is 0.573. The molecule has 76 valence electrons. The van der Waals surface area contributed by atoms with Crippen molar-refractivity contribution < 1.29 is 4.79 Å². The molecule has 1 unspecified atom stereocenters. The zero-order valence-corrected chi connectivity index (χ0v) is 9.26. The van der Waals surface area contributed by atoms with E-state index in [9.17, 15) is 4.79 Å². The fourth-order valence-corrected chi connectivity index (χ4v) is 2.98. The molecule has 0 radical (unpaired) electrons. The molecule has 0 aliphatic heterocycles. The number of rotatable bonds is 0. The van der Waals surface area contributed by atoms with Crippen LogP contribution >= 0.6 is 0 Å². The van der Waals surface area contributed by atoms with Gasteiger partial charge < -0.3 is 0 Å². The van der Waals surface area contributed by atoms with Gasteiger partial charge in [0.05, 0.1) is 5.41 Å². The maximum absolute atomic E-state index is 11.9. The fraction of sp³-hybridized carbons (Fsp3) is 0.615. The SMILES string of the molecule is CC1(C)CCCC2(C)C(=O)C=CC=C12. The monoisotopic (exact) mass is 190 g/mol. The summed E-state index contributed by atoms with van der Waals surface area (Å²) < 4.78 is 0. The number of carbonyl (C=O) groups excluding carboxylic acids is 1. The standard InChI is InChI=1S/C13H18O/c1-12(2)8-5-9-13(3)10(12)6-4-7-11(13)14/h4,6-7H,5,8-9H2,1-3H3. The van der Waals surface area contributed by atoms with Gasteiger partial charge in [0, 0.05) is 0 Å². The number of fused-ring (bicyclic) bond motifs is 1. The molecule has 1 atom stereocenters. The summed E-state index contributed by atoms with van der Waals surface area (Å²) in [5.41, 5.74) is 1.34. The Labute approximate surface area is 85.9 Å². The van der Waals surface area contributed by atoms with Crippen LogP contribution in [0.4, 0.5) is 0 Å². The number of hydrogen-bond donors (Lipinski definition) is 0. The van der Waals surface area contributed by atoms with E-state index in [1.54, 1.807) is 6.08 Å². The Bertz CT molecular complexity index is 333. The molecule has 2 aliphatic rings. The molecule has 1 nitrogen and oxygen atoms in total. The van der Waals surface area contributed by atoms with E-state index in [2.05, 4.69) is 26.8 Å². The molecule has 0 saturated heterocycles. The predicted octanol–water partition coefficient (Wildman–Crippen LogP) is 3.27. The third-order valence-electron chi connectivity index (χ3n) is 3.86. The van der Waals surface area contributed by atoms with Crippen LogP contribution in [0.15, 0.2) is 23.8 Å². The predicted molar refractivity (Wildman–Crippen MR) is 58.0 cm³/mol. The van der Waals surface area contributed by atoms with Crippen LogP contribution in [-0.2, 0) is 4.79 Å². The minimum Gasteiger partial charge on any atom is -0.294 e. The van der Waals surface area contributed by atoms with Crippen molar-refractivity contribution >= 4 is 5.78 Å². The van der Waals surface area contributed by atoms with Gasteiger partial charge in [-0.15, -0.1) is 0 Å². The molecule has 14 heavy (non-hydrogen) atoms. The number of carbonyl (C=O) groups is 1. The van der Waals surface area contributed by atoms with Crippen molar-refractivity contribution in [3.8, 4) is 0 Å². The largest absolute Gasteiger partial charge is 0.294 e. The Balaban J connectivity index is 2.50. The third kappa shape index (κ3) is 1.18. The molecule has 2 rings (SSSR count). The van der Waals surface area contributed by atoms with E-state index in [0.29, 0.717) is 5.78 Å². The minimum atomic E-state index is -0.198. The normalized spacial score (nSPS) is 35.1. The first-order valence-electron chi connectivity index (χ1n) is 5.41. The highest BCUT2D eigenvalue weighted by atomic mass is 16.1. The lowest BCUT2D eigenvalue weighted by atomic mass is 9.57. The first-order chi connectivity index (χ1) is 6.47. The van der Waals surface area contributed by atoms with E-state index in [1.807, 2.05) is 6.08 Å². The topological polar surface area (TPSA) is 17.1 Å². The zero-order chi connectivity index (χ0) is 10.4. The van der Waals surface area contributed by atoms with Crippen molar-refractivity contribution in [2.75, 3.05) is 0 Å². The second-order valence-electron chi connectivity index (χ2n) is 5.37. The lowest BCUT2D eigenvalue weighted by molar-refractivity contribution is -0.123. The molecule has 1 fully saturated rings. The zero-order valence-electron chi connectivity index (χ0n) is 9.26. The van der Waals surface area contributed by atoms with E-state index in [1.165, 1.54) is 18.4 Å². The highest BCUT2D eigenvalue weighted by molar-refractivity contribution is 5.98. The van der Waals surface area contributed by atoms with Gasteiger partial charge in [0.1, 0.15) is 0 Å². The molecular weight excluding hydrogens is 172 g/mol. The van der Waals surface area contributed by atoms with E-state index in [4.69, 9.17) is 0 Å². The molecule has 0 aromatic carbocycles. The summed E-state index contributed by atoms with van der Waals surface area (Å²) >= 11 is 0. The van der Waals surface area contributed by atoms with Crippen LogP contribution in [0.5, 0.6) is 0 Å². The molecule has 2 aliphatic carbocycles. The van der Waals surface area contributed by atoms with Crippen LogP contribution in [0.1, 0.15) is 40.0 Å². The summed E-state index contributed by atoms with van der Waals surface area (Å²) in [5, 5.41) is 0. The van der Waals surface area contributed by atoms with Crippen molar-refractivity contribution in [1.29, 1.82) is 0 Å². The summed E-state index contributed by atoms with van der Waals surface area (Å²) in [6, 6.07) is 0. The maximum Gasteiger partial charge on any atom is 0.165 e. The lowest BCUT2D eigenvalue weighted by Gasteiger charge is -2.45. The number of ketones is 1. The highest BCUT2D eigenvalue weighted by Gasteiger charge is 2.45. The van der Waals surface area contributed by atoms with E-state index >= 15 is 0 Å². The van der Waals surface area contributed by atoms with Crippen molar-refractivity contribution in [3.05, 3.63) is 23.8 Å². The molecule has 0 aromatic rings. The maximum atomic E-state index is 11.9. The number of hydrogen-bond acceptors (Lipinski definition) is 1. The Morgan fingerprint density at radius 1 is 1.21 bits per heavy atom. The first kappa shape index (κ1) is 9.70. The molecule has 0 amide bonds. The Hall–Kier alpha value is -0.850. The fourth-order valence-electron chi connectivity index (χ4n) is 2.98. The molecule has 0 bridgehead atoms. The summed E-state index contributed by atoms with van der Waals surface area (Å²) in [6.07, 6.45) is 9.18. The molecule has 1 saturated carbocycles. The van der Waals surface area contributed by atoms with Crippen LogP contribution in [0, 0.1) is 10.8 Å². The van der Waals surface area contributed by atoms with Gasteiger partial charge in [-0.25, -0.2) is 0 Å². The van der Waals surface area contributed by atoms with Gasteiger partial charge in [-0.1, -0.05) is 38.0 Å². The first-order valence-corrected chi connectivity index (χ1v) is 5.41. The molecule has 1 heteroatoms. The van der Waals surface area contributed by atoms with E-state index in [0.717, 1.165) is 6.42 Å². The van der Waals surface area contributed by atoms with Crippen LogP contribution in [0.25, 0.3) is 0 Å². The second kappa shape index (κ2) is 2.82. The third-order valence-corrected chi connectivity index (χ3v) is 3.86. The van der Waals surface area contributed by atoms with Crippen molar-refractivity contribution in [1.82, 2.24) is 0 Å². The second-order valence-corrected chi connectivity index (χ2v) is 5.37. The Kier molecular flexibility index (Phi) is 1.95. The van der Waals surface area contributed by atoms with Crippen molar-refractivity contribution in [2.24, 2.45) is 10.8 Å². The summed E-state index contributed by atoms with van der Waals surface area (Å²) in [7, 11) is 0. The van der Waals surface area contributed by atoms with Crippen LogP contribution in [0.3, 0.4) is 0 Å². The average Bonchev–Trinajstić information content (AvgIpc) is 2.08. The Morgan fingerprint density at radius 2 is 1.93 bits per heavy atom. The molecule has 0 spiro atoms. The molecule has 0 N–H and O–H groups in total. The van der Waals surface area contributed by atoms with Gasteiger partial charge in [0.15, 0.2) is 5.78 Å². The van der Waals surface area contributed by atoms with E-state index < -0.39 is 0 Å². The van der Waals surface area contributed by atoms with Gasteiger partial charge in [-0.2, -0.15) is 0 Å². The van der Waals surface area contributed by atoms with Gasteiger partial charge in [-0.05, 0) is 31.3 Å². The van der Waals surface area contributed by atoms with Gasteiger partial charge >= 0.3 is 0 Å². The van der Waals surface area contributed by atoms with Crippen molar-refractivity contribution in [2.45, 2.75) is 40.0 Å². The smallest absolute Gasteiger partial charge is 0.165 e. The van der Waals surface area contributed by atoms with E-state index in [-0.39, 0.29) is 10.8 Å². The van der Waals surface area contributed by atoms with Crippen molar-refractivity contribution in [3.63, 3.8) is 0 Å². The minimum absolute atomic E-state index is 0.198. The van der Waals surface area contributed by atoms with Gasteiger partial charge in [-0.3, -0.25) is 4.79 Å². The van der Waals surface area contributed by atoms with Crippen LogP contribution < -0.4 is 0 Å². The summed E-state index contributed by atoms with van der Waals surface area (Å²) in [4.78, 5) is 11.9. The Morgan fingerprint density at radius 3 is 2.57 bits per heavy atom. The summed E-state index contributed by atoms with van der Waals surface area (Å²) in [5.74, 6) is 0.294. The molecule has 0 aromatic heterocycles. The molecular formula is C13H18O. The average molecular weight is 190 g/mol.